The molecule has 7 heteroatoms. The quantitative estimate of drug-likeness (QED) is 0.356. The SMILES string of the molecule is CCCCn1c(SCc2csc(N(C(C)=O)c3c(C)cc(C)cc3C)n2)nc(C)c1C. The Morgan fingerprint density at radius 2 is 1.81 bits per heavy atom. The number of thioether (sulfide) groups is 1. The summed E-state index contributed by atoms with van der Waals surface area (Å²) in [5.74, 6) is 0.709. The van der Waals surface area contributed by atoms with Crippen LogP contribution < -0.4 is 4.90 Å². The van der Waals surface area contributed by atoms with E-state index in [1.54, 1.807) is 23.6 Å². The maximum atomic E-state index is 12.6. The monoisotopic (exact) mass is 456 g/mol. The van der Waals surface area contributed by atoms with Gasteiger partial charge in [-0.25, -0.2) is 9.97 Å². The summed E-state index contributed by atoms with van der Waals surface area (Å²) in [5.41, 5.74) is 7.61. The Balaban J connectivity index is 1.83. The molecule has 0 aliphatic heterocycles. The number of carbonyl (C=O) groups is 1. The zero-order chi connectivity index (χ0) is 22.7. The van der Waals surface area contributed by atoms with Crippen LogP contribution in [-0.4, -0.2) is 20.4 Å². The molecule has 0 N–H and O–H groups in total. The predicted molar refractivity (Wildman–Crippen MR) is 132 cm³/mol. The number of aryl methyl sites for hydroxylation is 4. The third-order valence-electron chi connectivity index (χ3n) is 5.41. The standard InChI is InChI=1S/C24H32N4OS2/c1-8-9-10-27-19(6)18(5)25-23(27)30-13-21-14-31-24(26-21)28(20(7)29)22-16(3)11-15(2)12-17(22)4/h11-12,14H,8-10,13H2,1-7H3. The van der Waals surface area contributed by atoms with Crippen molar-refractivity contribution < 1.29 is 4.79 Å². The van der Waals surface area contributed by atoms with Crippen molar-refractivity contribution in [1.29, 1.82) is 0 Å². The van der Waals surface area contributed by atoms with Gasteiger partial charge in [-0.05, 0) is 52.2 Å². The summed E-state index contributed by atoms with van der Waals surface area (Å²) in [5, 5.41) is 3.82. The van der Waals surface area contributed by atoms with E-state index in [4.69, 9.17) is 9.97 Å². The van der Waals surface area contributed by atoms with E-state index in [-0.39, 0.29) is 5.91 Å². The van der Waals surface area contributed by atoms with Crippen LogP contribution in [0.15, 0.2) is 22.7 Å². The van der Waals surface area contributed by atoms with E-state index in [0.29, 0.717) is 0 Å². The Labute approximate surface area is 193 Å². The second-order valence-electron chi connectivity index (χ2n) is 8.08. The molecule has 0 spiro atoms. The Hall–Kier alpha value is -2.12. The summed E-state index contributed by atoms with van der Waals surface area (Å²) in [6, 6.07) is 4.23. The highest BCUT2D eigenvalue weighted by Gasteiger charge is 2.22. The molecule has 166 valence electrons. The van der Waals surface area contributed by atoms with Crippen LogP contribution in [0.4, 0.5) is 10.8 Å². The molecule has 0 bridgehead atoms. The first kappa shape index (κ1) is 23.5. The highest BCUT2D eigenvalue weighted by atomic mass is 32.2. The Kier molecular flexibility index (Phi) is 7.59. The lowest BCUT2D eigenvalue weighted by Crippen LogP contribution is -2.24. The van der Waals surface area contributed by atoms with Gasteiger partial charge in [-0.3, -0.25) is 9.69 Å². The molecular formula is C24H32N4OS2. The number of rotatable bonds is 8. The first-order valence-electron chi connectivity index (χ1n) is 10.7. The highest BCUT2D eigenvalue weighted by Crippen LogP contribution is 2.35. The van der Waals surface area contributed by atoms with E-state index >= 15 is 0 Å². The Bertz CT molecular complexity index is 1060. The lowest BCUT2D eigenvalue weighted by molar-refractivity contribution is -0.115. The lowest BCUT2D eigenvalue weighted by atomic mass is 10.0. The summed E-state index contributed by atoms with van der Waals surface area (Å²) in [6.45, 7) is 15.2. The van der Waals surface area contributed by atoms with Gasteiger partial charge in [0.15, 0.2) is 10.3 Å². The molecule has 1 aromatic carbocycles. The number of carbonyl (C=O) groups excluding carboxylic acids is 1. The fourth-order valence-electron chi connectivity index (χ4n) is 3.83. The summed E-state index contributed by atoms with van der Waals surface area (Å²) in [4.78, 5) is 23.9. The van der Waals surface area contributed by atoms with E-state index in [9.17, 15) is 4.79 Å². The smallest absolute Gasteiger partial charge is 0.230 e. The minimum absolute atomic E-state index is 0.0232. The van der Waals surface area contributed by atoms with Gasteiger partial charge in [0.25, 0.3) is 0 Å². The maximum Gasteiger partial charge on any atom is 0.230 e. The lowest BCUT2D eigenvalue weighted by Gasteiger charge is -2.23. The number of amides is 1. The average molecular weight is 457 g/mol. The molecule has 0 radical (unpaired) electrons. The van der Waals surface area contributed by atoms with Crippen LogP contribution >= 0.6 is 23.1 Å². The van der Waals surface area contributed by atoms with E-state index in [2.05, 4.69) is 63.6 Å². The zero-order valence-corrected chi connectivity index (χ0v) is 21.2. The molecule has 2 heterocycles. The number of nitrogens with zero attached hydrogens (tertiary/aromatic N) is 4. The molecule has 3 rings (SSSR count). The Morgan fingerprint density at radius 1 is 1.13 bits per heavy atom. The maximum absolute atomic E-state index is 12.6. The Morgan fingerprint density at radius 3 is 2.42 bits per heavy atom. The molecule has 5 nitrogen and oxygen atoms in total. The summed E-state index contributed by atoms with van der Waals surface area (Å²) in [7, 11) is 0. The van der Waals surface area contributed by atoms with E-state index in [0.717, 1.165) is 63.6 Å². The van der Waals surface area contributed by atoms with Gasteiger partial charge in [-0.1, -0.05) is 42.8 Å². The fourth-order valence-corrected chi connectivity index (χ4v) is 5.82. The number of imidazole rings is 1. The molecule has 0 unspecified atom stereocenters. The van der Waals surface area contributed by atoms with E-state index < -0.39 is 0 Å². The van der Waals surface area contributed by atoms with Gasteiger partial charge in [-0.2, -0.15) is 0 Å². The molecule has 0 aliphatic carbocycles. The predicted octanol–water partition coefficient (Wildman–Crippen LogP) is 6.66. The fraction of sp³-hybridized carbons (Fsp3) is 0.458. The largest absolute Gasteiger partial charge is 0.323 e. The molecule has 31 heavy (non-hydrogen) atoms. The van der Waals surface area contributed by atoms with Crippen LogP contribution in [0.2, 0.25) is 0 Å². The second-order valence-corrected chi connectivity index (χ2v) is 9.86. The summed E-state index contributed by atoms with van der Waals surface area (Å²) < 4.78 is 2.32. The molecule has 2 aromatic heterocycles. The van der Waals surface area contributed by atoms with Crippen LogP contribution in [0.5, 0.6) is 0 Å². The number of thiazole rings is 1. The number of unbranched alkanes of at least 4 members (excludes halogenated alkanes) is 1. The first-order chi connectivity index (χ1) is 14.7. The third kappa shape index (κ3) is 5.21. The minimum atomic E-state index is -0.0232. The highest BCUT2D eigenvalue weighted by molar-refractivity contribution is 7.98. The van der Waals surface area contributed by atoms with E-state index in [1.165, 1.54) is 22.6 Å². The molecule has 1 amide bonds. The van der Waals surface area contributed by atoms with Gasteiger partial charge < -0.3 is 4.57 Å². The van der Waals surface area contributed by atoms with Crippen molar-refractivity contribution in [3.63, 3.8) is 0 Å². The number of hydrogen-bond acceptors (Lipinski definition) is 5. The van der Waals surface area contributed by atoms with Crippen molar-refractivity contribution in [2.24, 2.45) is 0 Å². The van der Waals surface area contributed by atoms with Crippen LogP contribution in [0.1, 0.15) is 60.5 Å². The zero-order valence-electron chi connectivity index (χ0n) is 19.6. The summed E-state index contributed by atoms with van der Waals surface area (Å²) >= 11 is 3.23. The van der Waals surface area contributed by atoms with Gasteiger partial charge in [-0.15, -0.1) is 11.3 Å². The van der Waals surface area contributed by atoms with Crippen molar-refractivity contribution in [3.8, 4) is 0 Å². The van der Waals surface area contributed by atoms with Crippen molar-refractivity contribution in [3.05, 3.63) is 51.3 Å². The van der Waals surface area contributed by atoms with Crippen LogP contribution in [-0.2, 0) is 17.1 Å². The van der Waals surface area contributed by atoms with Crippen molar-refractivity contribution in [1.82, 2.24) is 14.5 Å². The molecule has 0 saturated heterocycles. The first-order valence-corrected chi connectivity index (χ1v) is 12.6. The van der Waals surface area contributed by atoms with Crippen molar-refractivity contribution in [2.45, 2.75) is 78.8 Å². The number of aromatic nitrogens is 3. The molecule has 0 aliphatic rings. The van der Waals surface area contributed by atoms with Crippen molar-refractivity contribution >= 4 is 39.8 Å². The van der Waals surface area contributed by atoms with Gasteiger partial charge in [0.05, 0.1) is 17.1 Å². The van der Waals surface area contributed by atoms with E-state index in [1.807, 2.05) is 0 Å². The van der Waals surface area contributed by atoms with Gasteiger partial charge in [0.2, 0.25) is 5.91 Å². The van der Waals surface area contributed by atoms with Gasteiger partial charge in [0, 0.05) is 30.3 Å². The molecule has 0 atom stereocenters. The van der Waals surface area contributed by atoms with Crippen LogP contribution in [0.3, 0.4) is 0 Å². The van der Waals surface area contributed by atoms with Crippen molar-refractivity contribution in [2.75, 3.05) is 4.90 Å². The van der Waals surface area contributed by atoms with Gasteiger partial charge in [0.1, 0.15) is 0 Å². The molecule has 3 aromatic rings. The number of hydrogen-bond donors (Lipinski definition) is 0. The topological polar surface area (TPSA) is 51.0 Å². The molecule has 0 saturated carbocycles. The normalized spacial score (nSPS) is 11.2. The van der Waals surface area contributed by atoms with Crippen LogP contribution in [0.25, 0.3) is 0 Å². The average Bonchev–Trinajstić information content (AvgIpc) is 3.26. The third-order valence-corrected chi connectivity index (χ3v) is 7.30. The number of anilines is 2. The molecule has 0 fully saturated rings. The molecular weight excluding hydrogens is 424 g/mol. The minimum Gasteiger partial charge on any atom is -0.323 e. The van der Waals surface area contributed by atoms with Gasteiger partial charge >= 0.3 is 0 Å². The summed E-state index contributed by atoms with van der Waals surface area (Å²) in [6.07, 6.45) is 2.31. The van der Waals surface area contributed by atoms with Crippen LogP contribution in [0, 0.1) is 34.6 Å². The number of benzene rings is 1. The second kappa shape index (κ2) is 10.0.